The lowest BCUT2D eigenvalue weighted by molar-refractivity contribution is 0.0994. The maximum atomic E-state index is 14.5. The largest absolute Gasteiger partial charge is 0.453 e. The highest BCUT2D eigenvalue weighted by atomic mass is 32.2. The molecule has 1 saturated carbocycles. The molecule has 0 bridgehead atoms. The van der Waals surface area contributed by atoms with Crippen LogP contribution in [0.15, 0.2) is 64.2 Å². The molecule has 0 unspecified atom stereocenters. The van der Waals surface area contributed by atoms with Gasteiger partial charge >= 0.3 is 0 Å². The summed E-state index contributed by atoms with van der Waals surface area (Å²) in [4.78, 5) is 12.8. The molecule has 0 aliphatic heterocycles. The van der Waals surface area contributed by atoms with E-state index in [1.165, 1.54) is 24.2 Å². The summed E-state index contributed by atoms with van der Waals surface area (Å²) in [6.07, 6.45) is 5.47. The van der Waals surface area contributed by atoms with E-state index in [9.17, 15) is 9.18 Å². The minimum Gasteiger partial charge on any atom is -0.453 e. The Morgan fingerprint density at radius 3 is 2.65 bits per heavy atom. The summed E-state index contributed by atoms with van der Waals surface area (Å²) in [6, 6.07) is 16.2. The highest BCUT2D eigenvalue weighted by Crippen LogP contribution is 2.36. The zero-order valence-electron chi connectivity index (χ0n) is 17.0. The number of carbonyl (C=O) groups is 1. The lowest BCUT2D eigenvalue weighted by Crippen LogP contribution is -2.16. The van der Waals surface area contributed by atoms with Gasteiger partial charge < -0.3 is 4.42 Å². The van der Waals surface area contributed by atoms with Crippen molar-refractivity contribution in [2.24, 2.45) is 0 Å². The molecule has 1 aliphatic carbocycles. The molecule has 1 fully saturated rings. The molecule has 0 atom stereocenters. The van der Waals surface area contributed by atoms with Gasteiger partial charge in [-0.25, -0.2) is 4.39 Å². The molecule has 4 aromatic rings. The lowest BCUT2D eigenvalue weighted by atomic mass is 9.95. The van der Waals surface area contributed by atoms with E-state index >= 15 is 0 Å². The molecule has 1 aliphatic rings. The third-order valence-corrected chi connectivity index (χ3v) is 6.69. The monoisotopic (exact) mass is 435 g/mol. The summed E-state index contributed by atoms with van der Waals surface area (Å²) in [5, 5.41) is 10.2. The van der Waals surface area contributed by atoms with Crippen molar-refractivity contribution in [2.75, 3.05) is 5.75 Å². The van der Waals surface area contributed by atoms with E-state index in [0.29, 0.717) is 27.9 Å². The number of furan rings is 1. The van der Waals surface area contributed by atoms with Crippen molar-refractivity contribution >= 4 is 28.5 Å². The molecular formula is C24H22FN3O2S. The lowest BCUT2D eigenvalue weighted by Gasteiger charge is -2.25. The highest BCUT2D eigenvalue weighted by Gasteiger charge is 2.26. The first-order chi connectivity index (χ1) is 15.2. The van der Waals surface area contributed by atoms with Gasteiger partial charge in [-0.15, -0.1) is 10.2 Å². The van der Waals surface area contributed by atoms with Gasteiger partial charge in [0.25, 0.3) is 0 Å². The molecule has 158 valence electrons. The first-order valence-electron chi connectivity index (χ1n) is 10.5. The highest BCUT2D eigenvalue weighted by molar-refractivity contribution is 7.99. The predicted molar refractivity (Wildman–Crippen MR) is 119 cm³/mol. The number of halogens is 1. The zero-order chi connectivity index (χ0) is 21.2. The van der Waals surface area contributed by atoms with Crippen LogP contribution in [-0.4, -0.2) is 26.3 Å². The average molecular weight is 436 g/mol. The Balaban J connectivity index is 1.43. The summed E-state index contributed by atoms with van der Waals surface area (Å²) in [5.41, 5.74) is 1.14. The average Bonchev–Trinajstić information content (AvgIpc) is 3.43. The van der Waals surface area contributed by atoms with Gasteiger partial charge in [0, 0.05) is 11.4 Å². The van der Waals surface area contributed by atoms with E-state index in [4.69, 9.17) is 4.42 Å². The summed E-state index contributed by atoms with van der Waals surface area (Å²) < 4.78 is 22.2. The van der Waals surface area contributed by atoms with Gasteiger partial charge in [-0.2, -0.15) is 0 Å². The first-order valence-corrected chi connectivity index (χ1v) is 11.5. The molecule has 0 N–H and O–H groups in total. The normalized spacial score (nSPS) is 14.9. The second-order valence-corrected chi connectivity index (χ2v) is 8.75. The second kappa shape index (κ2) is 8.67. The number of hydrogen-bond acceptors (Lipinski definition) is 5. The van der Waals surface area contributed by atoms with E-state index in [0.717, 1.165) is 31.1 Å². The van der Waals surface area contributed by atoms with Gasteiger partial charge in [0.05, 0.1) is 11.3 Å². The number of ketones is 1. The Morgan fingerprint density at radius 2 is 1.84 bits per heavy atom. The number of aromatic nitrogens is 3. The number of thioether (sulfide) groups is 1. The second-order valence-electron chi connectivity index (χ2n) is 7.81. The number of carbonyl (C=O) groups excluding carboxylic acids is 1. The van der Waals surface area contributed by atoms with Crippen molar-refractivity contribution in [1.82, 2.24) is 14.8 Å². The Kier molecular flexibility index (Phi) is 5.59. The van der Waals surface area contributed by atoms with Crippen molar-refractivity contribution in [3.8, 4) is 11.4 Å². The van der Waals surface area contributed by atoms with Gasteiger partial charge in [-0.05, 0) is 37.1 Å². The third-order valence-electron chi connectivity index (χ3n) is 5.75. The SMILES string of the molecule is O=C(CSc1nnc(-c2ccccc2F)n1C1CCCCC1)c1cc2ccccc2o1. The number of rotatable bonds is 6. The fourth-order valence-corrected chi connectivity index (χ4v) is 5.07. The maximum Gasteiger partial charge on any atom is 0.208 e. The maximum absolute atomic E-state index is 14.5. The van der Waals surface area contributed by atoms with Gasteiger partial charge in [0.1, 0.15) is 11.4 Å². The van der Waals surface area contributed by atoms with Gasteiger partial charge in [0.15, 0.2) is 16.7 Å². The predicted octanol–water partition coefficient (Wildman–Crippen LogP) is 6.31. The van der Waals surface area contributed by atoms with Crippen LogP contribution in [0.25, 0.3) is 22.4 Å². The van der Waals surface area contributed by atoms with E-state index < -0.39 is 0 Å². The number of fused-ring (bicyclic) bond motifs is 1. The molecule has 2 heterocycles. The molecule has 31 heavy (non-hydrogen) atoms. The molecule has 5 nitrogen and oxygen atoms in total. The van der Waals surface area contributed by atoms with Gasteiger partial charge in [-0.1, -0.05) is 61.4 Å². The van der Waals surface area contributed by atoms with Crippen LogP contribution in [0.2, 0.25) is 0 Å². The number of Topliss-reactive ketones (excluding diaryl/α,β-unsaturated/α-hetero) is 1. The van der Waals surface area contributed by atoms with Gasteiger partial charge in [-0.3, -0.25) is 9.36 Å². The standard InChI is InChI=1S/C24H22FN3O2S/c25-19-12-6-5-11-18(19)23-26-27-24(28(23)17-9-2-1-3-10-17)31-15-20(29)22-14-16-8-4-7-13-21(16)30-22/h4-8,11-14,17H,1-3,9-10,15H2. The quantitative estimate of drug-likeness (QED) is 0.262. The summed E-state index contributed by atoms with van der Waals surface area (Å²) >= 11 is 1.33. The Bertz CT molecular complexity index is 1190. The van der Waals surface area contributed by atoms with Crippen molar-refractivity contribution in [2.45, 2.75) is 43.3 Å². The van der Waals surface area contributed by atoms with Crippen molar-refractivity contribution in [1.29, 1.82) is 0 Å². The number of nitrogens with zero attached hydrogens (tertiary/aromatic N) is 3. The Morgan fingerprint density at radius 1 is 1.06 bits per heavy atom. The Labute approximate surface area is 183 Å². The van der Waals surface area contributed by atoms with Crippen LogP contribution < -0.4 is 0 Å². The number of benzene rings is 2. The molecule has 5 rings (SSSR count). The molecule has 0 amide bonds. The van der Waals surface area contributed by atoms with Crippen LogP contribution in [0.1, 0.15) is 48.7 Å². The van der Waals surface area contributed by atoms with E-state index in [1.807, 2.05) is 28.8 Å². The van der Waals surface area contributed by atoms with Crippen molar-refractivity contribution in [3.63, 3.8) is 0 Å². The molecular weight excluding hydrogens is 413 g/mol. The van der Waals surface area contributed by atoms with Crippen LogP contribution in [0, 0.1) is 5.82 Å². The summed E-state index contributed by atoms with van der Waals surface area (Å²) in [5.74, 6) is 0.631. The minimum atomic E-state index is -0.318. The molecule has 7 heteroatoms. The van der Waals surface area contributed by atoms with E-state index in [2.05, 4.69) is 10.2 Å². The van der Waals surface area contributed by atoms with Crippen LogP contribution in [0.4, 0.5) is 4.39 Å². The van der Waals surface area contributed by atoms with Crippen molar-refractivity contribution in [3.05, 3.63) is 66.2 Å². The minimum absolute atomic E-state index is 0.105. The summed E-state index contributed by atoms with van der Waals surface area (Å²) in [6.45, 7) is 0. The first kappa shape index (κ1) is 20.0. The fraction of sp³-hybridized carbons (Fsp3) is 0.292. The van der Waals surface area contributed by atoms with E-state index in [1.54, 1.807) is 24.3 Å². The summed E-state index contributed by atoms with van der Waals surface area (Å²) in [7, 11) is 0. The zero-order valence-corrected chi connectivity index (χ0v) is 17.8. The van der Waals surface area contributed by atoms with Crippen LogP contribution >= 0.6 is 11.8 Å². The smallest absolute Gasteiger partial charge is 0.208 e. The number of para-hydroxylation sites is 1. The molecule has 2 aromatic carbocycles. The number of hydrogen-bond donors (Lipinski definition) is 0. The molecule has 0 saturated heterocycles. The molecule has 2 aromatic heterocycles. The van der Waals surface area contributed by atoms with E-state index in [-0.39, 0.29) is 23.4 Å². The van der Waals surface area contributed by atoms with Gasteiger partial charge in [0.2, 0.25) is 5.78 Å². The van der Waals surface area contributed by atoms with Crippen LogP contribution in [0.3, 0.4) is 0 Å². The molecule has 0 radical (unpaired) electrons. The topological polar surface area (TPSA) is 60.9 Å². The third kappa shape index (κ3) is 4.02. The Hall–Kier alpha value is -2.93. The van der Waals surface area contributed by atoms with Crippen LogP contribution in [0.5, 0.6) is 0 Å². The fourth-order valence-electron chi connectivity index (χ4n) is 4.19. The van der Waals surface area contributed by atoms with Crippen LogP contribution in [-0.2, 0) is 0 Å². The van der Waals surface area contributed by atoms with Crippen molar-refractivity contribution < 1.29 is 13.6 Å². The molecule has 0 spiro atoms.